The lowest BCUT2D eigenvalue weighted by Gasteiger charge is -2.09. The molecule has 0 atom stereocenters. The Labute approximate surface area is 110 Å². The maximum atomic E-state index is 11.8. The van der Waals surface area contributed by atoms with E-state index in [0.717, 1.165) is 11.8 Å². The summed E-state index contributed by atoms with van der Waals surface area (Å²) in [4.78, 5) is 11.6. The topological polar surface area (TPSA) is 98.5 Å². The van der Waals surface area contributed by atoms with Gasteiger partial charge in [0.1, 0.15) is 0 Å². The summed E-state index contributed by atoms with van der Waals surface area (Å²) in [5, 5.41) is 0. The second kappa shape index (κ2) is 6.07. The van der Waals surface area contributed by atoms with Crippen molar-refractivity contribution >= 4 is 33.4 Å². The summed E-state index contributed by atoms with van der Waals surface area (Å²) >= 11 is 1.08. The number of benzene rings is 1. The molecule has 0 aliphatic heterocycles. The first-order valence-corrected chi connectivity index (χ1v) is 7.40. The summed E-state index contributed by atoms with van der Waals surface area (Å²) in [6.45, 7) is 0. The molecule has 18 heavy (non-hydrogen) atoms. The minimum Gasteiger partial charge on any atom is -0.468 e. The number of anilines is 1. The van der Waals surface area contributed by atoms with Gasteiger partial charge >= 0.3 is 5.97 Å². The Hall–Kier alpha value is -1.25. The summed E-state index contributed by atoms with van der Waals surface area (Å²) in [6, 6.07) is 4.49. The summed E-state index contributed by atoms with van der Waals surface area (Å²) < 4.78 is 30.3. The summed E-state index contributed by atoms with van der Waals surface area (Å²) in [6.07, 6.45) is 0. The van der Waals surface area contributed by atoms with E-state index < -0.39 is 16.0 Å². The van der Waals surface area contributed by atoms with E-state index in [1.165, 1.54) is 20.2 Å². The molecule has 0 heterocycles. The summed E-state index contributed by atoms with van der Waals surface area (Å²) in [5.41, 5.74) is 5.91. The molecule has 0 aliphatic rings. The third-order valence-corrected chi connectivity index (χ3v) is 4.73. The molecule has 8 heteroatoms. The van der Waals surface area contributed by atoms with E-state index in [-0.39, 0.29) is 10.6 Å². The van der Waals surface area contributed by atoms with Gasteiger partial charge in [0.05, 0.1) is 17.8 Å². The Bertz CT molecular complexity index is 543. The lowest BCUT2D eigenvalue weighted by atomic mass is 10.3. The van der Waals surface area contributed by atoms with Crippen molar-refractivity contribution in [2.24, 2.45) is 0 Å². The van der Waals surface area contributed by atoms with Gasteiger partial charge in [-0.25, -0.2) is 13.1 Å². The lowest BCUT2D eigenvalue weighted by molar-refractivity contribution is -0.137. The Morgan fingerprint density at radius 1 is 1.50 bits per heavy atom. The van der Waals surface area contributed by atoms with Crippen LogP contribution in [0.2, 0.25) is 0 Å². The highest BCUT2D eigenvalue weighted by Crippen LogP contribution is 2.28. The van der Waals surface area contributed by atoms with Crippen LogP contribution in [0.3, 0.4) is 0 Å². The van der Waals surface area contributed by atoms with Crippen molar-refractivity contribution in [2.75, 3.05) is 25.6 Å². The van der Waals surface area contributed by atoms with Crippen LogP contribution in [0.1, 0.15) is 0 Å². The van der Waals surface area contributed by atoms with E-state index in [1.807, 2.05) is 0 Å². The fourth-order valence-corrected chi connectivity index (χ4v) is 3.27. The number of nitrogen functional groups attached to an aromatic ring is 1. The van der Waals surface area contributed by atoms with E-state index in [2.05, 4.69) is 9.46 Å². The molecule has 0 fully saturated rings. The first-order chi connectivity index (χ1) is 8.40. The largest absolute Gasteiger partial charge is 0.468 e. The average molecular weight is 290 g/mol. The van der Waals surface area contributed by atoms with Gasteiger partial charge in [0.2, 0.25) is 10.0 Å². The number of ether oxygens (including phenoxy) is 1. The third kappa shape index (κ3) is 3.62. The van der Waals surface area contributed by atoms with E-state index in [0.29, 0.717) is 10.6 Å². The van der Waals surface area contributed by atoms with Crippen molar-refractivity contribution in [3.8, 4) is 0 Å². The molecule has 1 aromatic rings. The maximum absolute atomic E-state index is 11.8. The summed E-state index contributed by atoms with van der Waals surface area (Å²) in [7, 11) is -1.02. The molecule has 1 aromatic carbocycles. The van der Waals surface area contributed by atoms with E-state index in [9.17, 15) is 13.2 Å². The number of rotatable bonds is 5. The predicted octanol–water partition coefficient (Wildman–Crippen LogP) is 0.442. The fourth-order valence-electron chi connectivity index (χ4n) is 1.16. The molecule has 0 radical (unpaired) electrons. The van der Waals surface area contributed by atoms with Crippen molar-refractivity contribution in [1.82, 2.24) is 4.72 Å². The Morgan fingerprint density at radius 2 is 2.17 bits per heavy atom. The van der Waals surface area contributed by atoms with Crippen molar-refractivity contribution in [2.45, 2.75) is 9.79 Å². The van der Waals surface area contributed by atoms with Crippen LogP contribution in [-0.4, -0.2) is 34.3 Å². The molecule has 3 N–H and O–H groups in total. The lowest BCUT2D eigenvalue weighted by Crippen LogP contribution is -2.19. The van der Waals surface area contributed by atoms with Crippen molar-refractivity contribution in [1.29, 1.82) is 0 Å². The van der Waals surface area contributed by atoms with E-state index in [4.69, 9.17) is 5.73 Å². The summed E-state index contributed by atoms with van der Waals surface area (Å²) in [5.74, 6) is -0.392. The first kappa shape index (κ1) is 14.8. The molecule has 6 nitrogen and oxygen atoms in total. The number of methoxy groups -OCH3 is 1. The number of hydrogen-bond acceptors (Lipinski definition) is 6. The van der Waals surface area contributed by atoms with Crippen molar-refractivity contribution < 1.29 is 17.9 Å². The molecule has 0 bridgehead atoms. The molecule has 0 aliphatic carbocycles. The minimum atomic E-state index is -3.61. The van der Waals surface area contributed by atoms with Crippen LogP contribution in [-0.2, 0) is 19.6 Å². The molecular formula is C10H14N2O4S2. The highest BCUT2D eigenvalue weighted by Gasteiger charge is 2.18. The molecular weight excluding hydrogens is 276 g/mol. The van der Waals surface area contributed by atoms with Gasteiger partial charge in [-0.2, -0.15) is 0 Å². The SMILES string of the molecule is CNS(=O)(=O)c1cc(N)ccc1SCC(=O)OC. The zero-order valence-corrected chi connectivity index (χ0v) is 11.6. The number of nitrogens with one attached hydrogen (secondary N) is 1. The van der Waals surface area contributed by atoms with Gasteiger partial charge in [-0.3, -0.25) is 4.79 Å². The van der Waals surface area contributed by atoms with Gasteiger partial charge in [0, 0.05) is 10.6 Å². The number of esters is 1. The number of sulfonamides is 1. The fraction of sp³-hybridized carbons (Fsp3) is 0.300. The maximum Gasteiger partial charge on any atom is 0.315 e. The number of thioether (sulfide) groups is 1. The third-order valence-electron chi connectivity index (χ3n) is 2.10. The van der Waals surface area contributed by atoms with Gasteiger partial charge in [0.25, 0.3) is 0 Å². The van der Waals surface area contributed by atoms with Crippen LogP contribution in [0.15, 0.2) is 28.0 Å². The van der Waals surface area contributed by atoms with Crippen LogP contribution >= 0.6 is 11.8 Å². The molecule has 0 aromatic heterocycles. The van der Waals surface area contributed by atoms with Crippen LogP contribution in [0.4, 0.5) is 5.69 Å². The van der Waals surface area contributed by atoms with Gasteiger partial charge in [-0.05, 0) is 25.2 Å². The Balaban J connectivity index is 3.08. The predicted molar refractivity (Wildman–Crippen MR) is 69.8 cm³/mol. The van der Waals surface area contributed by atoms with Crippen molar-refractivity contribution in [3.05, 3.63) is 18.2 Å². The van der Waals surface area contributed by atoms with Gasteiger partial charge in [-0.1, -0.05) is 0 Å². The van der Waals surface area contributed by atoms with Crippen LogP contribution in [0.25, 0.3) is 0 Å². The number of carbonyl (C=O) groups excluding carboxylic acids is 1. The number of hydrogen-bond donors (Lipinski definition) is 2. The van der Waals surface area contributed by atoms with Gasteiger partial charge in [-0.15, -0.1) is 11.8 Å². The zero-order valence-electron chi connectivity index (χ0n) is 9.97. The van der Waals surface area contributed by atoms with Crippen LogP contribution < -0.4 is 10.5 Å². The quantitative estimate of drug-likeness (QED) is 0.464. The second-order valence-electron chi connectivity index (χ2n) is 3.28. The number of carbonyl (C=O) groups is 1. The van der Waals surface area contributed by atoms with Crippen molar-refractivity contribution in [3.63, 3.8) is 0 Å². The van der Waals surface area contributed by atoms with Crippen LogP contribution in [0.5, 0.6) is 0 Å². The monoisotopic (exact) mass is 290 g/mol. The molecule has 0 amide bonds. The zero-order chi connectivity index (χ0) is 13.8. The Morgan fingerprint density at radius 3 is 2.72 bits per heavy atom. The van der Waals surface area contributed by atoms with Gasteiger partial charge < -0.3 is 10.5 Å². The first-order valence-electron chi connectivity index (χ1n) is 4.93. The molecule has 100 valence electrons. The molecule has 0 saturated heterocycles. The minimum absolute atomic E-state index is 0.0344. The highest BCUT2D eigenvalue weighted by molar-refractivity contribution is 8.00. The number of nitrogens with two attached hydrogens (primary N) is 1. The molecule has 1 rings (SSSR count). The standard InChI is InChI=1S/C10H14N2O4S2/c1-12-18(14,15)9-5-7(11)3-4-8(9)17-6-10(13)16-2/h3-5,12H,6,11H2,1-2H3. The normalized spacial score (nSPS) is 11.2. The van der Waals surface area contributed by atoms with Gasteiger partial charge in [0.15, 0.2) is 0 Å². The molecule has 0 spiro atoms. The smallest absolute Gasteiger partial charge is 0.315 e. The molecule has 0 unspecified atom stereocenters. The second-order valence-corrected chi connectivity index (χ2v) is 6.15. The van der Waals surface area contributed by atoms with E-state index >= 15 is 0 Å². The Kier molecular flexibility index (Phi) is 5.00. The highest BCUT2D eigenvalue weighted by atomic mass is 32.2. The van der Waals surface area contributed by atoms with Crippen LogP contribution in [0, 0.1) is 0 Å². The van der Waals surface area contributed by atoms with E-state index in [1.54, 1.807) is 12.1 Å². The average Bonchev–Trinajstić information content (AvgIpc) is 2.36. The molecule has 0 saturated carbocycles.